The maximum atomic E-state index is 4.86. The summed E-state index contributed by atoms with van der Waals surface area (Å²) in [7, 11) is 0. The third-order valence-corrected chi connectivity index (χ3v) is 4.79. The Morgan fingerprint density at radius 1 is 0.630 bits per heavy atom. The second-order valence-corrected chi connectivity index (χ2v) is 7.27. The van der Waals surface area contributed by atoms with Gasteiger partial charge >= 0.3 is 0 Å². The van der Waals surface area contributed by atoms with Crippen LogP contribution < -0.4 is 0 Å². The Morgan fingerprint density at radius 3 is 1.81 bits per heavy atom. The third-order valence-electron chi connectivity index (χ3n) is 4.49. The van der Waals surface area contributed by atoms with Gasteiger partial charge in [-0.1, -0.05) is 78.9 Å². The Morgan fingerprint density at radius 2 is 1.19 bits per heavy atom. The first-order chi connectivity index (χ1) is 13.2. The molecule has 0 aliphatic carbocycles. The molecule has 2 nitrogen and oxygen atoms in total. The second-order valence-electron chi connectivity index (χ2n) is 6.50. The van der Waals surface area contributed by atoms with E-state index in [9.17, 15) is 0 Å². The van der Waals surface area contributed by atoms with Gasteiger partial charge in [-0.2, -0.15) is 12.6 Å². The van der Waals surface area contributed by atoms with E-state index < -0.39 is 0 Å². The van der Waals surface area contributed by atoms with Crippen molar-refractivity contribution < 1.29 is 0 Å². The largest absolute Gasteiger partial charge is 0.228 e. The Kier molecular flexibility index (Phi) is 5.03. The fourth-order valence-corrected chi connectivity index (χ4v) is 3.19. The molecular formula is C24H20N2S. The SMILES string of the molecule is CC(S)c1cccc(-c2cc(-c3ccccc3)nc(-c3ccccc3)n2)c1. The van der Waals surface area contributed by atoms with Gasteiger partial charge in [-0.05, 0) is 24.6 Å². The van der Waals surface area contributed by atoms with Crippen molar-refractivity contribution in [3.05, 3.63) is 96.6 Å². The van der Waals surface area contributed by atoms with E-state index in [0.717, 1.165) is 33.9 Å². The summed E-state index contributed by atoms with van der Waals surface area (Å²) in [5.74, 6) is 0.733. The highest BCUT2D eigenvalue weighted by molar-refractivity contribution is 7.80. The number of hydrogen-bond donors (Lipinski definition) is 1. The molecule has 1 heterocycles. The molecule has 3 aromatic carbocycles. The van der Waals surface area contributed by atoms with E-state index in [4.69, 9.17) is 9.97 Å². The standard InChI is InChI=1S/C24H20N2S/c1-17(27)20-13-8-14-21(15-20)23-16-22(18-9-4-2-5-10-18)25-24(26-23)19-11-6-3-7-12-19/h2-17,27H,1H3. The zero-order valence-electron chi connectivity index (χ0n) is 15.1. The van der Waals surface area contributed by atoms with Gasteiger partial charge < -0.3 is 0 Å². The van der Waals surface area contributed by atoms with Gasteiger partial charge in [0.15, 0.2) is 5.82 Å². The average Bonchev–Trinajstić information content (AvgIpc) is 2.75. The second kappa shape index (κ2) is 7.77. The van der Waals surface area contributed by atoms with Crippen LogP contribution in [0.2, 0.25) is 0 Å². The molecule has 132 valence electrons. The summed E-state index contributed by atoms with van der Waals surface area (Å²) in [6.45, 7) is 2.08. The maximum absolute atomic E-state index is 4.86. The van der Waals surface area contributed by atoms with E-state index >= 15 is 0 Å². The lowest BCUT2D eigenvalue weighted by Gasteiger charge is -2.11. The first-order valence-corrected chi connectivity index (χ1v) is 9.51. The lowest BCUT2D eigenvalue weighted by Crippen LogP contribution is -1.96. The molecule has 4 rings (SSSR count). The number of thiol groups is 1. The van der Waals surface area contributed by atoms with Crippen molar-refractivity contribution in [3.8, 4) is 33.9 Å². The predicted molar refractivity (Wildman–Crippen MR) is 116 cm³/mol. The van der Waals surface area contributed by atoms with Crippen molar-refractivity contribution in [2.24, 2.45) is 0 Å². The molecule has 1 unspecified atom stereocenters. The minimum atomic E-state index is 0.175. The number of aromatic nitrogens is 2. The fraction of sp³-hybridized carbons (Fsp3) is 0.0833. The molecule has 0 fully saturated rings. The van der Waals surface area contributed by atoms with Crippen LogP contribution in [0.3, 0.4) is 0 Å². The van der Waals surface area contributed by atoms with Gasteiger partial charge in [-0.15, -0.1) is 0 Å². The van der Waals surface area contributed by atoms with E-state index in [2.05, 4.69) is 62.0 Å². The highest BCUT2D eigenvalue weighted by atomic mass is 32.1. The Bertz CT molecular complexity index is 986. The van der Waals surface area contributed by atoms with Crippen LogP contribution in [0, 0.1) is 0 Å². The van der Waals surface area contributed by atoms with Crippen LogP contribution in [0.5, 0.6) is 0 Å². The lowest BCUT2D eigenvalue weighted by molar-refractivity contribution is 1.11. The summed E-state index contributed by atoms with van der Waals surface area (Å²) in [6, 6.07) is 30.8. The van der Waals surface area contributed by atoms with Crippen LogP contribution in [-0.4, -0.2) is 9.97 Å². The smallest absolute Gasteiger partial charge is 0.160 e. The number of nitrogens with zero attached hydrogens (tertiary/aromatic N) is 2. The van der Waals surface area contributed by atoms with E-state index in [-0.39, 0.29) is 5.25 Å². The van der Waals surface area contributed by atoms with Gasteiger partial charge in [0.2, 0.25) is 0 Å². The molecule has 0 spiro atoms. The summed E-state index contributed by atoms with van der Waals surface area (Å²) >= 11 is 4.57. The summed E-state index contributed by atoms with van der Waals surface area (Å²) < 4.78 is 0. The van der Waals surface area contributed by atoms with Gasteiger partial charge in [-0.25, -0.2) is 9.97 Å². The van der Waals surface area contributed by atoms with Crippen LogP contribution >= 0.6 is 12.6 Å². The Labute approximate surface area is 165 Å². The van der Waals surface area contributed by atoms with Gasteiger partial charge in [0, 0.05) is 21.9 Å². The van der Waals surface area contributed by atoms with E-state index in [1.807, 2.05) is 48.5 Å². The van der Waals surface area contributed by atoms with Crippen LogP contribution in [0.1, 0.15) is 17.7 Å². The topological polar surface area (TPSA) is 25.8 Å². The first-order valence-electron chi connectivity index (χ1n) is 8.99. The highest BCUT2D eigenvalue weighted by Gasteiger charge is 2.11. The number of rotatable bonds is 4. The van der Waals surface area contributed by atoms with E-state index in [1.165, 1.54) is 5.56 Å². The van der Waals surface area contributed by atoms with Crippen molar-refractivity contribution in [1.29, 1.82) is 0 Å². The molecule has 1 aromatic heterocycles. The first kappa shape index (κ1) is 17.5. The average molecular weight is 369 g/mol. The number of hydrogen-bond acceptors (Lipinski definition) is 3. The van der Waals surface area contributed by atoms with Crippen molar-refractivity contribution >= 4 is 12.6 Å². The van der Waals surface area contributed by atoms with Crippen LogP contribution in [0.25, 0.3) is 33.9 Å². The van der Waals surface area contributed by atoms with Crippen LogP contribution in [0.4, 0.5) is 0 Å². The minimum Gasteiger partial charge on any atom is -0.228 e. The summed E-state index contributed by atoms with van der Waals surface area (Å²) in [6.07, 6.45) is 0. The molecule has 0 saturated carbocycles. The molecule has 3 heteroatoms. The van der Waals surface area contributed by atoms with Gasteiger partial charge in [0.05, 0.1) is 11.4 Å². The molecule has 0 radical (unpaired) electrons. The van der Waals surface area contributed by atoms with Gasteiger partial charge in [0.1, 0.15) is 0 Å². The molecule has 0 saturated heterocycles. The van der Waals surface area contributed by atoms with Crippen molar-refractivity contribution in [3.63, 3.8) is 0 Å². The molecule has 0 bridgehead atoms. The fourth-order valence-electron chi connectivity index (χ4n) is 3.03. The third kappa shape index (κ3) is 3.93. The molecule has 1 atom stereocenters. The predicted octanol–water partition coefficient (Wildman–Crippen LogP) is 6.47. The van der Waals surface area contributed by atoms with Crippen molar-refractivity contribution in [2.45, 2.75) is 12.2 Å². The molecule has 4 aromatic rings. The Hall–Kier alpha value is -2.91. The number of benzene rings is 3. The van der Waals surface area contributed by atoms with E-state index in [0.29, 0.717) is 0 Å². The Balaban J connectivity index is 1.90. The van der Waals surface area contributed by atoms with Gasteiger partial charge in [0.25, 0.3) is 0 Å². The molecular weight excluding hydrogens is 348 g/mol. The summed E-state index contributed by atoms with van der Waals surface area (Å²) in [5.41, 5.74) is 6.18. The summed E-state index contributed by atoms with van der Waals surface area (Å²) in [4.78, 5) is 9.69. The van der Waals surface area contributed by atoms with Crippen LogP contribution in [0.15, 0.2) is 91.0 Å². The zero-order valence-corrected chi connectivity index (χ0v) is 16.0. The summed E-state index contributed by atoms with van der Waals surface area (Å²) in [5, 5.41) is 0.175. The van der Waals surface area contributed by atoms with Crippen LogP contribution in [-0.2, 0) is 0 Å². The molecule has 0 aliphatic rings. The van der Waals surface area contributed by atoms with Crippen molar-refractivity contribution in [1.82, 2.24) is 9.97 Å². The quantitative estimate of drug-likeness (QED) is 0.418. The van der Waals surface area contributed by atoms with Crippen molar-refractivity contribution in [2.75, 3.05) is 0 Å². The molecule has 0 N–H and O–H groups in total. The highest BCUT2D eigenvalue weighted by Crippen LogP contribution is 2.29. The zero-order chi connectivity index (χ0) is 18.6. The molecule has 0 aliphatic heterocycles. The van der Waals surface area contributed by atoms with E-state index in [1.54, 1.807) is 0 Å². The van der Waals surface area contributed by atoms with Gasteiger partial charge in [-0.3, -0.25) is 0 Å². The lowest BCUT2D eigenvalue weighted by atomic mass is 10.0. The molecule has 0 amide bonds. The minimum absolute atomic E-state index is 0.175. The normalized spacial score (nSPS) is 11.9. The monoisotopic (exact) mass is 368 g/mol. The molecule has 27 heavy (non-hydrogen) atoms. The maximum Gasteiger partial charge on any atom is 0.160 e.